The topological polar surface area (TPSA) is 43.6 Å². The van der Waals surface area contributed by atoms with Crippen LogP contribution in [-0.4, -0.2) is 20.0 Å². The van der Waals surface area contributed by atoms with E-state index in [1.807, 2.05) is 19.2 Å². The second-order valence-electron chi connectivity index (χ2n) is 2.88. The van der Waals surface area contributed by atoms with E-state index in [4.69, 9.17) is 11.6 Å². The molecular formula is C9H9ClN4. The van der Waals surface area contributed by atoms with Crippen LogP contribution in [0.3, 0.4) is 0 Å². The molecule has 0 aliphatic heterocycles. The first kappa shape index (κ1) is 9.15. The quantitative estimate of drug-likeness (QED) is 0.705. The standard InChI is InChI=1S/C9H9ClN4/c1-14-9(8(6-10)12-13-14)7-2-4-11-5-3-7/h2-5H,6H2,1H3. The molecular weight excluding hydrogens is 200 g/mol. The van der Waals surface area contributed by atoms with Gasteiger partial charge in [-0.3, -0.25) is 4.98 Å². The Hall–Kier alpha value is -1.42. The van der Waals surface area contributed by atoms with E-state index in [0.717, 1.165) is 17.0 Å². The van der Waals surface area contributed by atoms with Crippen LogP contribution in [0.2, 0.25) is 0 Å². The summed E-state index contributed by atoms with van der Waals surface area (Å²) in [5, 5.41) is 7.90. The lowest BCUT2D eigenvalue weighted by molar-refractivity contribution is 0.719. The molecule has 0 saturated carbocycles. The van der Waals surface area contributed by atoms with Gasteiger partial charge in [-0.1, -0.05) is 5.21 Å². The van der Waals surface area contributed by atoms with Crippen LogP contribution in [0.15, 0.2) is 24.5 Å². The van der Waals surface area contributed by atoms with E-state index in [-0.39, 0.29) is 0 Å². The Bertz CT molecular complexity index is 424. The Morgan fingerprint density at radius 1 is 1.36 bits per heavy atom. The molecule has 72 valence electrons. The van der Waals surface area contributed by atoms with Crippen molar-refractivity contribution in [2.75, 3.05) is 0 Å². The van der Waals surface area contributed by atoms with Crippen molar-refractivity contribution < 1.29 is 0 Å². The van der Waals surface area contributed by atoms with Gasteiger partial charge < -0.3 is 0 Å². The number of hydrogen-bond acceptors (Lipinski definition) is 3. The normalized spacial score (nSPS) is 10.4. The molecule has 4 nitrogen and oxygen atoms in total. The number of aromatic nitrogens is 4. The Morgan fingerprint density at radius 2 is 2.07 bits per heavy atom. The van der Waals surface area contributed by atoms with Crippen LogP contribution in [0.25, 0.3) is 11.3 Å². The van der Waals surface area contributed by atoms with E-state index in [1.54, 1.807) is 17.1 Å². The molecule has 0 fully saturated rings. The maximum atomic E-state index is 5.76. The molecule has 0 aromatic carbocycles. The van der Waals surface area contributed by atoms with E-state index in [9.17, 15) is 0 Å². The second kappa shape index (κ2) is 3.75. The van der Waals surface area contributed by atoms with Crippen molar-refractivity contribution in [3.8, 4) is 11.3 Å². The fourth-order valence-corrected chi connectivity index (χ4v) is 1.53. The number of halogens is 1. The minimum atomic E-state index is 0.367. The molecule has 14 heavy (non-hydrogen) atoms. The molecule has 0 N–H and O–H groups in total. The van der Waals surface area contributed by atoms with Gasteiger partial charge in [-0.2, -0.15) is 0 Å². The predicted octanol–water partition coefficient (Wildman–Crippen LogP) is 1.62. The van der Waals surface area contributed by atoms with Crippen molar-refractivity contribution in [3.05, 3.63) is 30.2 Å². The van der Waals surface area contributed by atoms with Crippen molar-refractivity contribution >= 4 is 11.6 Å². The smallest absolute Gasteiger partial charge is 0.105 e. The number of rotatable bonds is 2. The Kier molecular flexibility index (Phi) is 2.45. The molecule has 0 saturated heterocycles. The number of hydrogen-bond donors (Lipinski definition) is 0. The zero-order valence-electron chi connectivity index (χ0n) is 7.68. The molecule has 2 aromatic rings. The second-order valence-corrected chi connectivity index (χ2v) is 3.15. The van der Waals surface area contributed by atoms with E-state index < -0.39 is 0 Å². The minimum absolute atomic E-state index is 0.367. The van der Waals surface area contributed by atoms with E-state index in [0.29, 0.717) is 5.88 Å². The molecule has 0 amide bonds. The Labute approximate surface area is 86.5 Å². The van der Waals surface area contributed by atoms with Crippen LogP contribution in [-0.2, 0) is 12.9 Å². The van der Waals surface area contributed by atoms with E-state index in [2.05, 4.69) is 15.3 Å². The first-order valence-corrected chi connectivity index (χ1v) is 4.71. The average Bonchev–Trinajstić information content (AvgIpc) is 2.61. The maximum absolute atomic E-state index is 5.76. The number of alkyl halides is 1. The van der Waals surface area contributed by atoms with Crippen LogP contribution in [0, 0.1) is 0 Å². The predicted molar refractivity (Wildman–Crippen MR) is 53.8 cm³/mol. The number of nitrogens with zero attached hydrogens (tertiary/aromatic N) is 4. The molecule has 0 radical (unpaired) electrons. The van der Waals surface area contributed by atoms with Crippen LogP contribution in [0.4, 0.5) is 0 Å². The lowest BCUT2D eigenvalue weighted by atomic mass is 10.1. The molecule has 0 atom stereocenters. The lowest BCUT2D eigenvalue weighted by Gasteiger charge is -2.01. The van der Waals surface area contributed by atoms with Gasteiger partial charge in [-0.25, -0.2) is 4.68 Å². The average molecular weight is 209 g/mol. The van der Waals surface area contributed by atoms with Crippen LogP contribution < -0.4 is 0 Å². The third-order valence-corrected chi connectivity index (χ3v) is 2.23. The van der Waals surface area contributed by atoms with E-state index in [1.165, 1.54) is 0 Å². The molecule has 0 unspecified atom stereocenters. The van der Waals surface area contributed by atoms with Crippen LogP contribution >= 0.6 is 11.6 Å². The minimum Gasteiger partial charge on any atom is -0.265 e. The van der Waals surface area contributed by atoms with Gasteiger partial charge in [0, 0.05) is 25.0 Å². The highest BCUT2D eigenvalue weighted by molar-refractivity contribution is 6.17. The third kappa shape index (κ3) is 1.48. The highest BCUT2D eigenvalue weighted by Crippen LogP contribution is 2.21. The van der Waals surface area contributed by atoms with Gasteiger partial charge in [0.15, 0.2) is 0 Å². The van der Waals surface area contributed by atoms with Gasteiger partial charge in [-0.05, 0) is 12.1 Å². The van der Waals surface area contributed by atoms with Gasteiger partial charge in [-0.15, -0.1) is 16.7 Å². The summed E-state index contributed by atoms with van der Waals surface area (Å²) in [7, 11) is 1.85. The first-order chi connectivity index (χ1) is 6.83. The summed E-state index contributed by atoms with van der Waals surface area (Å²) in [4.78, 5) is 3.96. The summed E-state index contributed by atoms with van der Waals surface area (Å²) in [6.07, 6.45) is 3.47. The molecule has 2 aromatic heterocycles. The molecule has 5 heteroatoms. The Balaban J connectivity index is 2.55. The summed E-state index contributed by atoms with van der Waals surface area (Å²) in [6.45, 7) is 0. The molecule has 0 bridgehead atoms. The maximum Gasteiger partial charge on any atom is 0.105 e. The summed E-state index contributed by atoms with van der Waals surface area (Å²) in [5.41, 5.74) is 2.77. The molecule has 0 aliphatic carbocycles. The molecule has 0 spiro atoms. The molecule has 2 heterocycles. The van der Waals surface area contributed by atoms with Crippen molar-refractivity contribution in [3.63, 3.8) is 0 Å². The Morgan fingerprint density at radius 3 is 2.71 bits per heavy atom. The van der Waals surface area contributed by atoms with Crippen LogP contribution in [0.5, 0.6) is 0 Å². The monoisotopic (exact) mass is 208 g/mol. The fourth-order valence-electron chi connectivity index (χ4n) is 1.35. The van der Waals surface area contributed by atoms with Gasteiger partial charge in [0.2, 0.25) is 0 Å². The zero-order chi connectivity index (χ0) is 9.97. The largest absolute Gasteiger partial charge is 0.265 e. The van der Waals surface area contributed by atoms with Crippen LogP contribution in [0.1, 0.15) is 5.69 Å². The summed E-state index contributed by atoms with van der Waals surface area (Å²) < 4.78 is 1.72. The highest BCUT2D eigenvalue weighted by Gasteiger charge is 2.10. The molecule has 0 aliphatic rings. The van der Waals surface area contributed by atoms with Gasteiger partial charge in [0.25, 0.3) is 0 Å². The van der Waals surface area contributed by atoms with Crippen molar-refractivity contribution in [2.24, 2.45) is 7.05 Å². The van der Waals surface area contributed by atoms with Crippen molar-refractivity contribution in [2.45, 2.75) is 5.88 Å². The number of aryl methyl sites for hydroxylation is 1. The van der Waals surface area contributed by atoms with Crippen molar-refractivity contribution in [1.29, 1.82) is 0 Å². The van der Waals surface area contributed by atoms with Gasteiger partial charge in [0.05, 0.1) is 11.6 Å². The summed E-state index contributed by atoms with van der Waals surface area (Å²) >= 11 is 5.76. The SMILES string of the molecule is Cn1nnc(CCl)c1-c1ccncc1. The summed E-state index contributed by atoms with van der Waals surface area (Å²) in [6, 6.07) is 3.82. The van der Waals surface area contributed by atoms with Crippen molar-refractivity contribution in [1.82, 2.24) is 20.0 Å². The lowest BCUT2D eigenvalue weighted by Crippen LogP contribution is -1.94. The van der Waals surface area contributed by atoms with Gasteiger partial charge >= 0.3 is 0 Å². The number of pyridine rings is 1. The fraction of sp³-hybridized carbons (Fsp3) is 0.222. The first-order valence-electron chi connectivity index (χ1n) is 4.18. The molecule has 2 rings (SSSR count). The summed E-state index contributed by atoms with van der Waals surface area (Å²) in [5.74, 6) is 0.367. The van der Waals surface area contributed by atoms with E-state index >= 15 is 0 Å². The van der Waals surface area contributed by atoms with Gasteiger partial charge in [0.1, 0.15) is 5.69 Å². The zero-order valence-corrected chi connectivity index (χ0v) is 8.44. The third-order valence-electron chi connectivity index (χ3n) is 1.98. The highest BCUT2D eigenvalue weighted by atomic mass is 35.5.